The highest BCUT2D eigenvalue weighted by atomic mass is 16.5. The molecule has 0 bridgehead atoms. The molecule has 1 heterocycles. The Morgan fingerprint density at radius 3 is 2.50 bits per heavy atom. The SMILES string of the molecule is COc1ccc(C(c2c(O)ccc3ccccc23)N2CCCC2=O)cc1. The van der Waals surface area contributed by atoms with Crippen LogP contribution in [0.15, 0.2) is 60.7 Å². The zero-order valence-corrected chi connectivity index (χ0v) is 14.7. The molecule has 4 rings (SSSR count). The molecule has 26 heavy (non-hydrogen) atoms. The second-order valence-electron chi connectivity index (χ2n) is 6.59. The molecule has 1 N–H and O–H groups in total. The number of phenolic OH excluding ortho intramolecular Hbond substituents is 1. The second-order valence-corrected chi connectivity index (χ2v) is 6.59. The summed E-state index contributed by atoms with van der Waals surface area (Å²) in [4.78, 5) is 14.4. The molecule has 1 aliphatic heterocycles. The van der Waals surface area contributed by atoms with Gasteiger partial charge in [-0.2, -0.15) is 0 Å². The van der Waals surface area contributed by atoms with E-state index in [1.165, 1.54) is 0 Å². The molecule has 1 saturated heterocycles. The zero-order chi connectivity index (χ0) is 18.1. The minimum absolute atomic E-state index is 0.123. The van der Waals surface area contributed by atoms with E-state index < -0.39 is 0 Å². The maximum Gasteiger partial charge on any atom is 0.223 e. The summed E-state index contributed by atoms with van der Waals surface area (Å²) in [7, 11) is 1.63. The van der Waals surface area contributed by atoms with E-state index >= 15 is 0 Å². The van der Waals surface area contributed by atoms with Gasteiger partial charge in [-0.1, -0.05) is 42.5 Å². The maximum atomic E-state index is 12.6. The summed E-state index contributed by atoms with van der Waals surface area (Å²) >= 11 is 0. The van der Waals surface area contributed by atoms with Gasteiger partial charge in [0.15, 0.2) is 0 Å². The summed E-state index contributed by atoms with van der Waals surface area (Å²) < 4.78 is 5.27. The van der Waals surface area contributed by atoms with Gasteiger partial charge in [0.1, 0.15) is 11.5 Å². The van der Waals surface area contributed by atoms with Gasteiger partial charge in [0.25, 0.3) is 0 Å². The lowest BCUT2D eigenvalue weighted by Crippen LogP contribution is -2.30. The molecule has 0 aliphatic carbocycles. The molecule has 3 aromatic rings. The molecular formula is C22H21NO3. The molecule has 1 unspecified atom stereocenters. The number of fused-ring (bicyclic) bond motifs is 1. The Morgan fingerprint density at radius 1 is 1.04 bits per heavy atom. The highest BCUT2D eigenvalue weighted by Gasteiger charge is 2.32. The second kappa shape index (κ2) is 6.71. The van der Waals surface area contributed by atoms with E-state index in [0.29, 0.717) is 13.0 Å². The third kappa shape index (κ3) is 2.77. The lowest BCUT2D eigenvalue weighted by atomic mass is 9.91. The minimum Gasteiger partial charge on any atom is -0.508 e. The lowest BCUT2D eigenvalue weighted by molar-refractivity contribution is -0.129. The molecule has 4 nitrogen and oxygen atoms in total. The lowest BCUT2D eigenvalue weighted by Gasteiger charge is -2.30. The Kier molecular flexibility index (Phi) is 4.25. The zero-order valence-electron chi connectivity index (χ0n) is 14.7. The number of nitrogens with zero attached hydrogens (tertiary/aromatic N) is 1. The van der Waals surface area contributed by atoms with Gasteiger partial charge in [-0.25, -0.2) is 0 Å². The van der Waals surface area contributed by atoms with Crippen LogP contribution in [0, 0.1) is 0 Å². The molecule has 1 atom stereocenters. The average molecular weight is 347 g/mol. The number of hydrogen-bond acceptors (Lipinski definition) is 3. The molecule has 0 aromatic heterocycles. The van der Waals surface area contributed by atoms with Crippen molar-refractivity contribution in [1.82, 2.24) is 4.90 Å². The van der Waals surface area contributed by atoms with Crippen LogP contribution in [0.4, 0.5) is 0 Å². The van der Waals surface area contributed by atoms with Crippen LogP contribution in [0.2, 0.25) is 0 Å². The summed E-state index contributed by atoms with van der Waals surface area (Å²) in [6.07, 6.45) is 1.40. The average Bonchev–Trinajstić information content (AvgIpc) is 3.10. The third-order valence-corrected chi connectivity index (χ3v) is 5.07. The molecular weight excluding hydrogens is 326 g/mol. The molecule has 1 amide bonds. The Labute approximate surface area is 152 Å². The first-order chi connectivity index (χ1) is 12.7. The van der Waals surface area contributed by atoms with E-state index in [9.17, 15) is 9.90 Å². The summed E-state index contributed by atoms with van der Waals surface area (Å²) in [6.45, 7) is 0.693. The highest BCUT2D eigenvalue weighted by Crippen LogP contribution is 2.41. The molecule has 0 radical (unpaired) electrons. The van der Waals surface area contributed by atoms with Crippen LogP contribution in [0.1, 0.15) is 30.0 Å². The van der Waals surface area contributed by atoms with Gasteiger partial charge in [0.2, 0.25) is 5.91 Å². The first-order valence-corrected chi connectivity index (χ1v) is 8.83. The molecule has 3 aromatic carbocycles. The number of rotatable bonds is 4. The fourth-order valence-electron chi connectivity index (χ4n) is 3.80. The van der Waals surface area contributed by atoms with Crippen LogP contribution >= 0.6 is 0 Å². The van der Waals surface area contributed by atoms with Crippen molar-refractivity contribution in [3.05, 3.63) is 71.8 Å². The maximum absolute atomic E-state index is 12.6. The molecule has 0 saturated carbocycles. The normalized spacial score (nSPS) is 15.4. The van der Waals surface area contributed by atoms with E-state index in [4.69, 9.17) is 4.74 Å². The monoisotopic (exact) mass is 347 g/mol. The van der Waals surface area contributed by atoms with Crippen molar-refractivity contribution >= 4 is 16.7 Å². The Hall–Kier alpha value is -3.01. The smallest absolute Gasteiger partial charge is 0.223 e. The quantitative estimate of drug-likeness (QED) is 0.767. The highest BCUT2D eigenvalue weighted by molar-refractivity contribution is 5.89. The third-order valence-electron chi connectivity index (χ3n) is 5.07. The Morgan fingerprint density at radius 2 is 1.81 bits per heavy atom. The van der Waals surface area contributed by atoms with Gasteiger partial charge in [0.05, 0.1) is 13.2 Å². The Bertz CT molecular complexity index is 949. The van der Waals surface area contributed by atoms with Crippen molar-refractivity contribution in [2.24, 2.45) is 0 Å². The van der Waals surface area contributed by atoms with Gasteiger partial charge in [0, 0.05) is 18.5 Å². The van der Waals surface area contributed by atoms with E-state index in [-0.39, 0.29) is 17.7 Å². The molecule has 132 valence electrons. The molecule has 1 aliphatic rings. The fraction of sp³-hybridized carbons (Fsp3) is 0.227. The molecule has 4 heteroatoms. The number of phenols is 1. The van der Waals surface area contributed by atoms with E-state index in [1.807, 2.05) is 59.5 Å². The number of hydrogen-bond donors (Lipinski definition) is 1. The minimum atomic E-state index is -0.318. The first-order valence-electron chi connectivity index (χ1n) is 8.83. The number of likely N-dealkylation sites (tertiary alicyclic amines) is 1. The van der Waals surface area contributed by atoms with Crippen LogP contribution in [0.3, 0.4) is 0 Å². The largest absolute Gasteiger partial charge is 0.508 e. The van der Waals surface area contributed by atoms with Crippen molar-refractivity contribution in [3.8, 4) is 11.5 Å². The summed E-state index contributed by atoms with van der Waals surface area (Å²) in [5, 5.41) is 12.7. The van der Waals surface area contributed by atoms with Crippen molar-refractivity contribution in [3.63, 3.8) is 0 Å². The van der Waals surface area contributed by atoms with Crippen molar-refractivity contribution in [2.75, 3.05) is 13.7 Å². The van der Waals surface area contributed by atoms with E-state index in [0.717, 1.165) is 34.1 Å². The molecule has 1 fully saturated rings. The number of ether oxygens (including phenoxy) is 1. The fourth-order valence-corrected chi connectivity index (χ4v) is 3.80. The number of carbonyl (C=O) groups is 1. The summed E-state index contributed by atoms with van der Waals surface area (Å²) in [5.74, 6) is 1.10. The van der Waals surface area contributed by atoms with Gasteiger partial charge in [-0.15, -0.1) is 0 Å². The van der Waals surface area contributed by atoms with E-state index in [1.54, 1.807) is 13.2 Å². The standard InChI is InChI=1S/C22H21NO3/c1-26-17-11-8-16(9-12-17)22(23-14-4-7-20(23)25)21-18-6-3-2-5-15(18)10-13-19(21)24/h2-3,5-6,8-13,22,24H,4,7,14H2,1H3. The van der Waals surface area contributed by atoms with Crippen LogP contribution in [-0.2, 0) is 4.79 Å². The Balaban J connectivity index is 1.93. The molecule has 0 spiro atoms. The van der Waals surface area contributed by atoms with E-state index in [2.05, 4.69) is 0 Å². The van der Waals surface area contributed by atoms with Crippen LogP contribution in [0.5, 0.6) is 11.5 Å². The number of methoxy groups -OCH3 is 1. The summed E-state index contributed by atoms with van der Waals surface area (Å²) in [5.41, 5.74) is 1.75. The van der Waals surface area contributed by atoms with Gasteiger partial charge >= 0.3 is 0 Å². The van der Waals surface area contributed by atoms with Crippen LogP contribution in [0.25, 0.3) is 10.8 Å². The summed E-state index contributed by atoms with van der Waals surface area (Å²) in [6, 6.07) is 19.0. The van der Waals surface area contributed by atoms with Gasteiger partial charge in [-0.3, -0.25) is 4.79 Å². The number of carbonyl (C=O) groups excluding carboxylic acids is 1. The predicted molar refractivity (Wildman–Crippen MR) is 101 cm³/mol. The number of aromatic hydroxyl groups is 1. The number of benzene rings is 3. The van der Waals surface area contributed by atoms with Gasteiger partial charge < -0.3 is 14.7 Å². The van der Waals surface area contributed by atoms with Crippen LogP contribution in [-0.4, -0.2) is 29.6 Å². The predicted octanol–water partition coefficient (Wildman–Crippen LogP) is 4.27. The van der Waals surface area contributed by atoms with Crippen molar-refractivity contribution in [1.29, 1.82) is 0 Å². The van der Waals surface area contributed by atoms with Crippen molar-refractivity contribution < 1.29 is 14.6 Å². The number of amides is 1. The van der Waals surface area contributed by atoms with Crippen LogP contribution < -0.4 is 4.74 Å². The first kappa shape index (κ1) is 16.5. The topological polar surface area (TPSA) is 49.8 Å². The van der Waals surface area contributed by atoms with Crippen molar-refractivity contribution in [2.45, 2.75) is 18.9 Å². The van der Waals surface area contributed by atoms with Gasteiger partial charge in [-0.05, 0) is 41.0 Å².